The second kappa shape index (κ2) is 9.54. The number of hydrogen-bond acceptors (Lipinski definition) is 6. The van der Waals surface area contributed by atoms with Crippen molar-refractivity contribution in [2.75, 3.05) is 14.2 Å². The maximum Gasteiger partial charge on any atom is 0.336 e. The van der Waals surface area contributed by atoms with Gasteiger partial charge in [0.1, 0.15) is 17.4 Å². The van der Waals surface area contributed by atoms with Crippen molar-refractivity contribution in [2.45, 2.75) is 12.5 Å². The molecule has 0 aliphatic rings. The molecule has 0 bridgehead atoms. The molecule has 5 rings (SSSR count). The molecule has 0 unspecified atom stereocenters. The van der Waals surface area contributed by atoms with Gasteiger partial charge in [-0.25, -0.2) is 9.59 Å². The third-order valence-corrected chi connectivity index (χ3v) is 6.25. The molecule has 1 aromatic heterocycles. The number of rotatable bonds is 6. The van der Waals surface area contributed by atoms with Gasteiger partial charge in [-0.3, -0.25) is 4.79 Å². The smallest absolute Gasteiger partial charge is 0.336 e. The lowest BCUT2D eigenvalue weighted by Gasteiger charge is -2.19. The van der Waals surface area contributed by atoms with Crippen LogP contribution in [0.2, 0.25) is 0 Å². The zero-order valence-electron chi connectivity index (χ0n) is 19.7. The Hall–Kier alpha value is -4.65. The molecule has 0 aliphatic heterocycles. The van der Waals surface area contributed by atoms with Gasteiger partial charge in [0.15, 0.2) is 0 Å². The number of amides is 1. The molecule has 0 aliphatic carbocycles. The lowest BCUT2D eigenvalue weighted by molar-refractivity contribution is -0.142. The van der Waals surface area contributed by atoms with Crippen LogP contribution in [0.25, 0.3) is 32.5 Å². The predicted molar refractivity (Wildman–Crippen MR) is 137 cm³/mol. The number of carbonyl (C=O) groups excluding carboxylic acids is 2. The van der Waals surface area contributed by atoms with Crippen molar-refractivity contribution in [3.05, 3.63) is 100 Å². The SMILES string of the molecule is COC(=O)[C@@H](Cc1cc(=O)oc2cc(OC)ccc12)NC(=O)c1c2ccccc2cc2ccccc12. The molecule has 0 saturated carbocycles. The first kappa shape index (κ1) is 23.1. The third-order valence-electron chi connectivity index (χ3n) is 6.25. The minimum Gasteiger partial charge on any atom is -0.497 e. The Balaban J connectivity index is 1.57. The number of methoxy groups -OCH3 is 2. The highest BCUT2D eigenvalue weighted by Crippen LogP contribution is 2.29. The van der Waals surface area contributed by atoms with Gasteiger partial charge in [0, 0.05) is 23.9 Å². The molecular formula is C29H23NO6. The second-order valence-electron chi connectivity index (χ2n) is 8.40. The predicted octanol–water partition coefficient (Wildman–Crippen LogP) is 4.62. The Bertz CT molecular complexity index is 1630. The number of ether oxygens (including phenoxy) is 2. The fourth-order valence-corrected chi connectivity index (χ4v) is 4.55. The average Bonchev–Trinajstić information content (AvgIpc) is 2.90. The van der Waals surface area contributed by atoms with Crippen molar-refractivity contribution < 1.29 is 23.5 Å². The van der Waals surface area contributed by atoms with Gasteiger partial charge in [-0.1, -0.05) is 48.5 Å². The molecule has 0 radical (unpaired) electrons. The maximum absolute atomic E-state index is 13.7. The van der Waals surface area contributed by atoms with Crippen molar-refractivity contribution >= 4 is 44.4 Å². The van der Waals surface area contributed by atoms with E-state index in [0.717, 1.165) is 21.5 Å². The van der Waals surface area contributed by atoms with Crippen LogP contribution < -0.4 is 15.7 Å². The minimum absolute atomic E-state index is 0.0372. The van der Waals surface area contributed by atoms with E-state index in [2.05, 4.69) is 5.32 Å². The first-order valence-electron chi connectivity index (χ1n) is 11.4. The van der Waals surface area contributed by atoms with Gasteiger partial charge < -0.3 is 19.2 Å². The minimum atomic E-state index is -1.03. The lowest BCUT2D eigenvalue weighted by Crippen LogP contribution is -2.43. The molecule has 36 heavy (non-hydrogen) atoms. The molecule has 7 nitrogen and oxygen atoms in total. The molecule has 1 N–H and O–H groups in total. The summed E-state index contributed by atoms with van der Waals surface area (Å²) in [6.45, 7) is 0. The van der Waals surface area contributed by atoms with Crippen LogP contribution in [0, 0.1) is 0 Å². The third kappa shape index (κ3) is 4.27. The normalized spacial score (nSPS) is 11.9. The molecule has 1 heterocycles. The molecule has 0 fully saturated rings. The largest absolute Gasteiger partial charge is 0.497 e. The quantitative estimate of drug-likeness (QED) is 0.216. The van der Waals surface area contributed by atoms with Crippen molar-refractivity contribution in [3.63, 3.8) is 0 Å². The first-order chi connectivity index (χ1) is 17.5. The summed E-state index contributed by atoms with van der Waals surface area (Å²) in [4.78, 5) is 38.7. The topological polar surface area (TPSA) is 94.8 Å². The first-order valence-corrected chi connectivity index (χ1v) is 11.4. The summed E-state index contributed by atoms with van der Waals surface area (Å²) in [6, 6.07) is 22.6. The maximum atomic E-state index is 13.7. The van der Waals surface area contributed by atoms with E-state index in [9.17, 15) is 14.4 Å². The van der Waals surface area contributed by atoms with Gasteiger partial charge >= 0.3 is 11.6 Å². The van der Waals surface area contributed by atoms with Gasteiger partial charge in [0.2, 0.25) is 0 Å². The van der Waals surface area contributed by atoms with Gasteiger partial charge in [-0.05, 0) is 45.3 Å². The Labute approximate surface area is 206 Å². The second-order valence-corrected chi connectivity index (χ2v) is 8.40. The summed E-state index contributed by atoms with van der Waals surface area (Å²) in [5.74, 6) is -0.501. The van der Waals surface area contributed by atoms with Gasteiger partial charge in [-0.2, -0.15) is 0 Å². The van der Waals surface area contributed by atoms with Crippen LogP contribution in [0.1, 0.15) is 15.9 Å². The van der Waals surface area contributed by atoms with Crippen molar-refractivity contribution in [2.24, 2.45) is 0 Å². The Morgan fingerprint density at radius 1 is 0.861 bits per heavy atom. The highest BCUT2D eigenvalue weighted by atomic mass is 16.5. The van der Waals surface area contributed by atoms with E-state index in [1.165, 1.54) is 20.3 Å². The van der Waals surface area contributed by atoms with Crippen LogP contribution in [0.15, 0.2) is 88.1 Å². The van der Waals surface area contributed by atoms with E-state index in [-0.39, 0.29) is 6.42 Å². The van der Waals surface area contributed by atoms with Crippen LogP contribution in [-0.2, 0) is 16.0 Å². The van der Waals surface area contributed by atoms with E-state index in [4.69, 9.17) is 13.9 Å². The summed E-state index contributed by atoms with van der Waals surface area (Å²) in [5.41, 5.74) is 0.773. The fourth-order valence-electron chi connectivity index (χ4n) is 4.55. The van der Waals surface area contributed by atoms with E-state index < -0.39 is 23.5 Å². The van der Waals surface area contributed by atoms with Gasteiger partial charge in [-0.15, -0.1) is 0 Å². The van der Waals surface area contributed by atoms with E-state index in [1.54, 1.807) is 18.2 Å². The Morgan fingerprint density at radius 3 is 2.17 bits per heavy atom. The number of benzene rings is 4. The summed E-state index contributed by atoms with van der Waals surface area (Å²) in [5, 5.41) is 6.86. The number of carbonyl (C=O) groups is 2. The highest BCUT2D eigenvalue weighted by molar-refractivity contribution is 6.18. The van der Waals surface area contributed by atoms with Gasteiger partial charge in [0.25, 0.3) is 5.91 Å². The Morgan fingerprint density at radius 2 is 1.53 bits per heavy atom. The Kier molecular flexibility index (Phi) is 6.12. The van der Waals surface area contributed by atoms with Crippen LogP contribution in [0.5, 0.6) is 5.75 Å². The monoisotopic (exact) mass is 481 g/mol. The number of fused-ring (bicyclic) bond motifs is 3. The number of hydrogen-bond donors (Lipinski definition) is 1. The fraction of sp³-hybridized carbons (Fsp3) is 0.138. The van der Waals surface area contributed by atoms with Crippen LogP contribution in [-0.4, -0.2) is 32.1 Å². The molecule has 4 aromatic carbocycles. The summed E-state index contributed by atoms with van der Waals surface area (Å²) in [6.07, 6.45) is 0.0372. The van der Waals surface area contributed by atoms with Crippen molar-refractivity contribution in [1.29, 1.82) is 0 Å². The van der Waals surface area contributed by atoms with Crippen molar-refractivity contribution in [3.8, 4) is 5.75 Å². The molecule has 0 spiro atoms. The highest BCUT2D eigenvalue weighted by Gasteiger charge is 2.26. The van der Waals surface area contributed by atoms with Crippen LogP contribution >= 0.6 is 0 Å². The summed E-state index contributed by atoms with van der Waals surface area (Å²) >= 11 is 0. The number of esters is 1. The van der Waals surface area contributed by atoms with E-state index in [0.29, 0.717) is 27.8 Å². The zero-order valence-corrected chi connectivity index (χ0v) is 19.7. The molecule has 0 saturated heterocycles. The van der Waals surface area contributed by atoms with Crippen molar-refractivity contribution in [1.82, 2.24) is 5.32 Å². The zero-order chi connectivity index (χ0) is 25.2. The average molecular weight is 482 g/mol. The number of nitrogens with one attached hydrogen (secondary N) is 1. The van der Waals surface area contributed by atoms with E-state index >= 15 is 0 Å². The van der Waals surface area contributed by atoms with E-state index in [1.807, 2.05) is 54.6 Å². The lowest BCUT2D eigenvalue weighted by atomic mass is 9.95. The molecule has 5 aromatic rings. The molecule has 7 heteroatoms. The molecular weight excluding hydrogens is 458 g/mol. The van der Waals surface area contributed by atoms with Crippen LogP contribution in [0.4, 0.5) is 0 Å². The summed E-state index contributed by atoms with van der Waals surface area (Å²) < 4.78 is 15.5. The van der Waals surface area contributed by atoms with Crippen LogP contribution in [0.3, 0.4) is 0 Å². The molecule has 1 atom stereocenters. The molecule has 180 valence electrons. The van der Waals surface area contributed by atoms with Gasteiger partial charge in [0.05, 0.1) is 19.8 Å². The standard InChI is InChI=1S/C29H23NO6/c1-34-20-11-12-21-19(15-26(31)36-25(21)16-20)14-24(29(33)35-2)30-28(32)27-22-9-5-3-7-17(22)13-18-8-4-6-10-23(18)27/h3-13,15-16,24H,14H2,1-2H3,(H,30,32)/t24-/m1/s1. The summed E-state index contributed by atoms with van der Waals surface area (Å²) in [7, 11) is 2.78. The molecule has 1 amide bonds.